The minimum Gasteiger partial charge on any atom is -0.339 e. The van der Waals surface area contributed by atoms with E-state index in [0.29, 0.717) is 37.5 Å². The highest BCUT2D eigenvalue weighted by molar-refractivity contribution is 5.93. The summed E-state index contributed by atoms with van der Waals surface area (Å²) in [4.78, 5) is 19.3. The summed E-state index contributed by atoms with van der Waals surface area (Å²) in [6.07, 6.45) is 1.33. The highest BCUT2D eigenvalue weighted by Crippen LogP contribution is 2.19. The molecule has 5 heteroatoms. The van der Waals surface area contributed by atoms with Crippen LogP contribution in [0.25, 0.3) is 0 Å². The van der Waals surface area contributed by atoms with Gasteiger partial charge in [0.05, 0.1) is 6.54 Å². The highest BCUT2D eigenvalue weighted by atomic mass is 16.5. The molecule has 4 rings (SSSR count). The Morgan fingerprint density at radius 3 is 2.07 bits per heavy atom. The molecule has 1 amide bonds. The fourth-order valence-electron chi connectivity index (χ4n) is 3.29. The van der Waals surface area contributed by atoms with Crippen LogP contribution in [0.2, 0.25) is 0 Å². The van der Waals surface area contributed by atoms with Crippen LogP contribution in [0, 0.1) is 0 Å². The lowest BCUT2D eigenvalue weighted by Gasteiger charge is -2.23. The zero-order chi connectivity index (χ0) is 20.6. The number of benzene rings is 3. The third-order valence-corrected chi connectivity index (χ3v) is 4.82. The number of anilines is 1. The number of nitrogens with zero attached hydrogens (tertiary/aromatic N) is 3. The van der Waals surface area contributed by atoms with Crippen LogP contribution < -0.4 is 4.90 Å². The lowest BCUT2D eigenvalue weighted by Crippen LogP contribution is -2.30. The van der Waals surface area contributed by atoms with E-state index in [2.05, 4.69) is 10.1 Å². The number of carbonyl (C=O) groups is 1. The van der Waals surface area contributed by atoms with Gasteiger partial charge in [-0.15, -0.1) is 0 Å². The van der Waals surface area contributed by atoms with Gasteiger partial charge in [-0.2, -0.15) is 4.98 Å². The Kier molecular flexibility index (Phi) is 6.30. The Hall–Kier alpha value is -3.73. The maximum Gasteiger partial charge on any atom is 0.227 e. The van der Waals surface area contributed by atoms with Crippen molar-refractivity contribution in [2.75, 3.05) is 4.90 Å². The van der Waals surface area contributed by atoms with Crippen molar-refractivity contribution in [1.82, 2.24) is 10.1 Å². The third kappa shape index (κ3) is 5.20. The number of para-hydroxylation sites is 1. The molecule has 0 aliphatic heterocycles. The molecule has 0 aliphatic carbocycles. The van der Waals surface area contributed by atoms with Crippen molar-refractivity contribution in [3.63, 3.8) is 0 Å². The molecule has 30 heavy (non-hydrogen) atoms. The molecule has 0 N–H and O–H groups in total. The molecule has 3 aromatic carbocycles. The van der Waals surface area contributed by atoms with E-state index in [1.165, 1.54) is 0 Å². The van der Waals surface area contributed by atoms with Crippen LogP contribution in [0.1, 0.15) is 29.3 Å². The van der Waals surface area contributed by atoms with Crippen molar-refractivity contribution in [3.8, 4) is 0 Å². The van der Waals surface area contributed by atoms with Gasteiger partial charge in [0.25, 0.3) is 0 Å². The van der Waals surface area contributed by atoms with Crippen molar-refractivity contribution < 1.29 is 9.32 Å². The number of carbonyl (C=O) groups excluding carboxylic acids is 1. The van der Waals surface area contributed by atoms with E-state index in [1.54, 1.807) is 4.90 Å². The average Bonchev–Trinajstić information content (AvgIpc) is 3.25. The molecule has 5 nitrogen and oxygen atoms in total. The molecule has 1 aromatic heterocycles. The maximum atomic E-state index is 13.1. The fourth-order valence-corrected chi connectivity index (χ4v) is 3.29. The molecular weight excluding hydrogens is 374 g/mol. The number of amides is 1. The van der Waals surface area contributed by atoms with Crippen molar-refractivity contribution in [1.29, 1.82) is 0 Å². The van der Waals surface area contributed by atoms with E-state index < -0.39 is 0 Å². The summed E-state index contributed by atoms with van der Waals surface area (Å²) in [5.74, 6) is 1.14. The number of hydrogen-bond acceptors (Lipinski definition) is 4. The number of hydrogen-bond donors (Lipinski definition) is 0. The van der Waals surface area contributed by atoms with E-state index in [9.17, 15) is 4.79 Å². The van der Waals surface area contributed by atoms with Gasteiger partial charge >= 0.3 is 0 Å². The molecule has 0 spiro atoms. The molecule has 150 valence electrons. The first-order valence-corrected chi connectivity index (χ1v) is 10.0. The second kappa shape index (κ2) is 9.65. The van der Waals surface area contributed by atoms with Gasteiger partial charge in [-0.25, -0.2) is 0 Å². The lowest BCUT2D eigenvalue weighted by atomic mass is 10.1. The van der Waals surface area contributed by atoms with E-state index in [4.69, 9.17) is 4.52 Å². The molecule has 4 aromatic rings. The van der Waals surface area contributed by atoms with Gasteiger partial charge in [-0.05, 0) is 23.3 Å². The largest absolute Gasteiger partial charge is 0.339 e. The third-order valence-electron chi connectivity index (χ3n) is 4.82. The van der Waals surface area contributed by atoms with Gasteiger partial charge in [0.1, 0.15) is 0 Å². The summed E-state index contributed by atoms with van der Waals surface area (Å²) >= 11 is 0. The van der Waals surface area contributed by atoms with E-state index in [1.807, 2.05) is 91.0 Å². The molecule has 0 saturated carbocycles. The van der Waals surface area contributed by atoms with E-state index >= 15 is 0 Å². The van der Waals surface area contributed by atoms with E-state index in [-0.39, 0.29) is 5.91 Å². The van der Waals surface area contributed by atoms with Crippen LogP contribution in [-0.4, -0.2) is 16.0 Å². The summed E-state index contributed by atoms with van der Waals surface area (Å²) < 4.78 is 5.36. The number of rotatable bonds is 8. The highest BCUT2D eigenvalue weighted by Gasteiger charge is 2.18. The SMILES string of the molecule is O=C(CCc1nc(Cc2ccccc2)no1)N(Cc1ccccc1)c1ccccc1. The normalized spacial score (nSPS) is 10.7. The van der Waals surface area contributed by atoms with Crippen LogP contribution in [0.5, 0.6) is 0 Å². The van der Waals surface area contributed by atoms with Gasteiger partial charge in [-0.1, -0.05) is 84.0 Å². The van der Waals surface area contributed by atoms with Gasteiger partial charge in [0.15, 0.2) is 5.82 Å². The Labute approximate surface area is 176 Å². The molecule has 0 aliphatic rings. The quantitative estimate of drug-likeness (QED) is 0.427. The second-order valence-electron chi connectivity index (χ2n) is 7.07. The van der Waals surface area contributed by atoms with Gasteiger partial charge < -0.3 is 9.42 Å². The first-order chi connectivity index (χ1) is 14.8. The minimum absolute atomic E-state index is 0.0212. The Morgan fingerprint density at radius 1 is 0.800 bits per heavy atom. The first-order valence-electron chi connectivity index (χ1n) is 10.0. The van der Waals surface area contributed by atoms with E-state index in [0.717, 1.165) is 16.8 Å². The molecule has 0 unspecified atom stereocenters. The molecular formula is C25H23N3O2. The van der Waals surface area contributed by atoms with Crippen molar-refractivity contribution in [2.24, 2.45) is 0 Å². The number of aromatic nitrogens is 2. The lowest BCUT2D eigenvalue weighted by molar-refractivity contribution is -0.118. The second-order valence-corrected chi connectivity index (χ2v) is 7.07. The predicted molar refractivity (Wildman–Crippen MR) is 116 cm³/mol. The summed E-state index contributed by atoms with van der Waals surface area (Å²) in [5.41, 5.74) is 3.08. The summed E-state index contributed by atoms with van der Waals surface area (Å²) in [6, 6.07) is 29.7. The van der Waals surface area contributed by atoms with Crippen molar-refractivity contribution in [2.45, 2.75) is 25.8 Å². The van der Waals surface area contributed by atoms with Crippen LogP contribution in [-0.2, 0) is 24.2 Å². The van der Waals surface area contributed by atoms with Gasteiger partial charge in [0.2, 0.25) is 11.8 Å². The topological polar surface area (TPSA) is 59.2 Å². The van der Waals surface area contributed by atoms with Crippen LogP contribution >= 0.6 is 0 Å². The average molecular weight is 397 g/mol. The van der Waals surface area contributed by atoms with Gasteiger partial charge in [0, 0.05) is 24.9 Å². The van der Waals surface area contributed by atoms with Crippen LogP contribution in [0.3, 0.4) is 0 Å². The zero-order valence-corrected chi connectivity index (χ0v) is 16.6. The standard InChI is InChI=1S/C25H23N3O2/c29-25(17-16-24-26-23(27-30-24)18-20-10-4-1-5-11-20)28(22-14-8-3-9-15-22)19-21-12-6-2-7-13-21/h1-15H,16-19H2. The first kappa shape index (κ1) is 19.6. The molecule has 1 heterocycles. The Bertz CT molecular complexity index is 1060. The summed E-state index contributed by atoms with van der Waals surface area (Å²) in [7, 11) is 0. The fraction of sp³-hybridized carbons (Fsp3) is 0.160. The minimum atomic E-state index is 0.0212. The molecule has 0 saturated heterocycles. The smallest absolute Gasteiger partial charge is 0.227 e. The van der Waals surface area contributed by atoms with Crippen molar-refractivity contribution in [3.05, 3.63) is 114 Å². The molecule has 0 radical (unpaired) electrons. The summed E-state index contributed by atoms with van der Waals surface area (Å²) in [6.45, 7) is 0.521. The molecule has 0 fully saturated rings. The Balaban J connectivity index is 1.41. The summed E-state index contributed by atoms with van der Waals surface area (Å²) in [5, 5.41) is 4.05. The monoisotopic (exact) mass is 397 g/mol. The van der Waals surface area contributed by atoms with Crippen LogP contribution in [0.4, 0.5) is 5.69 Å². The van der Waals surface area contributed by atoms with Crippen LogP contribution in [0.15, 0.2) is 95.5 Å². The van der Waals surface area contributed by atoms with Crippen molar-refractivity contribution >= 4 is 11.6 Å². The molecule has 0 bridgehead atoms. The number of aryl methyl sites for hydroxylation is 1. The molecule has 0 atom stereocenters. The zero-order valence-electron chi connectivity index (χ0n) is 16.6. The van der Waals surface area contributed by atoms with Gasteiger partial charge in [-0.3, -0.25) is 4.79 Å². The predicted octanol–water partition coefficient (Wildman–Crippen LogP) is 4.83. The Morgan fingerprint density at radius 2 is 1.40 bits per heavy atom. The maximum absolute atomic E-state index is 13.1.